The summed E-state index contributed by atoms with van der Waals surface area (Å²) >= 11 is 0. The fourth-order valence-corrected chi connectivity index (χ4v) is 5.67. The third-order valence-corrected chi connectivity index (χ3v) is 7.88. The Morgan fingerprint density at radius 1 is 1.13 bits per heavy atom. The maximum absolute atomic E-state index is 13.1. The van der Waals surface area contributed by atoms with Crippen LogP contribution in [0.4, 0.5) is 5.69 Å². The van der Waals surface area contributed by atoms with Crippen LogP contribution in [0.3, 0.4) is 0 Å². The molecule has 9 heteroatoms. The molecule has 1 atom stereocenters. The molecule has 0 bridgehead atoms. The first-order valence-corrected chi connectivity index (χ1v) is 11.7. The number of piperidine rings is 1. The molecule has 1 amide bonds. The fourth-order valence-electron chi connectivity index (χ4n) is 3.96. The minimum absolute atomic E-state index is 0.0576. The van der Waals surface area contributed by atoms with E-state index in [4.69, 9.17) is 0 Å². The highest BCUT2D eigenvalue weighted by molar-refractivity contribution is 7.89. The second-order valence-corrected chi connectivity index (χ2v) is 9.88. The molecule has 166 valence electrons. The lowest BCUT2D eigenvalue weighted by molar-refractivity contribution is -0.385. The Labute approximate surface area is 182 Å². The standard InChI is InChI=1S/C22H27N3O5S/c1-15-6-4-5-7-20(15)17(3)23-22(26)18-10-12-24(13-11-18)31(29,30)21-14-19(25(27)28)9-8-16(21)2/h4-9,14,17-18H,10-13H2,1-3H3,(H,23,26). The van der Waals surface area contributed by atoms with E-state index in [0.29, 0.717) is 18.4 Å². The molecule has 1 unspecified atom stereocenters. The van der Waals surface area contributed by atoms with E-state index in [1.54, 1.807) is 6.92 Å². The molecule has 1 fully saturated rings. The van der Waals surface area contributed by atoms with Gasteiger partial charge in [0.1, 0.15) is 0 Å². The first kappa shape index (κ1) is 22.9. The van der Waals surface area contributed by atoms with Crippen molar-refractivity contribution in [2.24, 2.45) is 5.92 Å². The number of amides is 1. The summed E-state index contributed by atoms with van der Waals surface area (Å²) in [5, 5.41) is 14.1. The smallest absolute Gasteiger partial charge is 0.270 e. The average molecular weight is 446 g/mol. The van der Waals surface area contributed by atoms with Gasteiger partial charge >= 0.3 is 0 Å². The number of carbonyl (C=O) groups excluding carboxylic acids is 1. The number of non-ortho nitro benzene ring substituents is 1. The summed E-state index contributed by atoms with van der Waals surface area (Å²) in [5.74, 6) is -0.358. The molecule has 1 N–H and O–H groups in total. The molecule has 1 heterocycles. The zero-order chi connectivity index (χ0) is 22.8. The van der Waals surface area contributed by atoms with Gasteiger partial charge in [-0.25, -0.2) is 8.42 Å². The van der Waals surface area contributed by atoms with Gasteiger partial charge in [-0.2, -0.15) is 4.31 Å². The Balaban J connectivity index is 1.66. The molecule has 0 radical (unpaired) electrons. The minimum atomic E-state index is -3.87. The van der Waals surface area contributed by atoms with Crippen LogP contribution in [0.25, 0.3) is 0 Å². The zero-order valence-electron chi connectivity index (χ0n) is 17.9. The molecule has 0 spiro atoms. The lowest BCUT2D eigenvalue weighted by atomic mass is 9.96. The van der Waals surface area contributed by atoms with E-state index < -0.39 is 14.9 Å². The van der Waals surface area contributed by atoms with Gasteiger partial charge in [0.2, 0.25) is 15.9 Å². The van der Waals surface area contributed by atoms with Gasteiger partial charge in [0.15, 0.2) is 0 Å². The summed E-state index contributed by atoms with van der Waals surface area (Å²) in [4.78, 5) is 23.1. The number of hydrogen-bond acceptors (Lipinski definition) is 5. The summed E-state index contributed by atoms with van der Waals surface area (Å²) in [5.41, 5.74) is 2.35. The maximum Gasteiger partial charge on any atom is 0.270 e. The van der Waals surface area contributed by atoms with Gasteiger partial charge in [-0.1, -0.05) is 30.3 Å². The van der Waals surface area contributed by atoms with Crippen molar-refractivity contribution in [3.05, 3.63) is 69.3 Å². The molecule has 2 aromatic carbocycles. The van der Waals surface area contributed by atoms with Crippen LogP contribution in [0.15, 0.2) is 47.4 Å². The van der Waals surface area contributed by atoms with Crippen molar-refractivity contribution in [2.45, 2.75) is 44.6 Å². The molecule has 1 aliphatic rings. The molecule has 1 aliphatic heterocycles. The van der Waals surface area contributed by atoms with Crippen LogP contribution in [-0.4, -0.2) is 36.6 Å². The monoisotopic (exact) mass is 445 g/mol. The van der Waals surface area contributed by atoms with Crippen LogP contribution >= 0.6 is 0 Å². The van der Waals surface area contributed by atoms with Crippen LogP contribution < -0.4 is 5.32 Å². The van der Waals surface area contributed by atoms with Crippen LogP contribution in [0, 0.1) is 29.9 Å². The van der Waals surface area contributed by atoms with Gasteiger partial charge in [0.25, 0.3) is 5.69 Å². The molecule has 0 saturated carbocycles. The number of nitro groups is 1. The predicted molar refractivity (Wildman–Crippen MR) is 117 cm³/mol. The average Bonchev–Trinajstić information content (AvgIpc) is 2.74. The van der Waals surface area contributed by atoms with Crippen LogP contribution in [-0.2, 0) is 14.8 Å². The molecule has 8 nitrogen and oxygen atoms in total. The Morgan fingerprint density at radius 3 is 2.39 bits per heavy atom. The minimum Gasteiger partial charge on any atom is -0.349 e. The normalized spacial score (nSPS) is 16.6. The quantitative estimate of drug-likeness (QED) is 0.541. The highest BCUT2D eigenvalue weighted by Crippen LogP contribution is 2.29. The van der Waals surface area contributed by atoms with E-state index in [1.165, 1.54) is 16.4 Å². The molecule has 0 aromatic heterocycles. The molecule has 2 aromatic rings. The van der Waals surface area contributed by atoms with Crippen molar-refractivity contribution < 1.29 is 18.1 Å². The lowest BCUT2D eigenvalue weighted by Gasteiger charge is -2.31. The van der Waals surface area contributed by atoms with E-state index in [2.05, 4.69) is 5.32 Å². The number of benzene rings is 2. The summed E-state index contributed by atoms with van der Waals surface area (Å²) in [6.07, 6.45) is 0.805. The van der Waals surface area contributed by atoms with Gasteiger partial charge in [-0.3, -0.25) is 14.9 Å². The second-order valence-electron chi connectivity index (χ2n) is 7.97. The van der Waals surface area contributed by atoms with Crippen LogP contribution in [0.1, 0.15) is 42.5 Å². The summed E-state index contributed by atoms with van der Waals surface area (Å²) in [7, 11) is -3.87. The van der Waals surface area contributed by atoms with E-state index >= 15 is 0 Å². The Hall–Kier alpha value is -2.78. The number of sulfonamides is 1. The number of carbonyl (C=O) groups is 1. The number of nitro benzene ring substituents is 1. The fraction of sp³-hybridized carbons (Fsp3) is 0.409. The van der Waals surface area contributed by atoms with Gasteiger partial charge in [-0.15, -0.1) is 0 Å². The van der Waals surface area contributed by atoms with Crippen LogP contribution in [0.5, 0.6) is 0 Å². The van der Waals surface area contributed by atoms with Gasteiger partial charge in [0, 0.05) is 31.1 Å². The van der Waals surface area contributed by atoms with Crippen molar-refractivity contribution in [2.75, 3.05) is 13.1 Å². The first-order chi connectivity index (χ1) is 14.6. The highest BCUT2D eigenvalue weighted by atomic mass is 32.2. The molecule has 1 saturated heterocycles. The van der Waals surface area contributed by atoms with Gasteiger partial charge < -0.3 is 5.32 Å². The largest absolute Gasteiger partial charge is 0.349 e. The summed E-state index contributed by atoms with van der Waals surface area (Å²) in [6, 6.07) is 11.6. The second kappa shape index (κ2) is 9.15. The van der Waals surface area contributed by atoms with Crippen LogP contribution in [0.2, 0.25) is 0 Å². The molecule has 31 heavy (non-hydrogen) atoms. The van der Waals surface area contributed by atoms with E-state index in [-0.39, 0.29) is 41.5 Å². The molecular weight excluding hydrogens is 418 g/mol. The topological polar surface area (TPSA) is 110 Å². The molecule has 0 aliphatic carbocycles. The van der Waals surface area contributed by atoms with E-state index in [1.807, 2.05) is 38.1 Å². The summed E-state index contributed by atoms with van der Waals surface area (Å²) < 4.78 is 27.4. The Kier molecular flexibility index (Phi) is 6.76. The number of nitrogens with one attached hydrogen (secondary N) is 1. The van der Waals surface area contributed by atoms with Crippen molar-refractivity contribution in [3.63, 3.8) is 0 Å². The molecular formula is C22H27N3O5S. The lowest BCUT2D eigenvalue weighted by Crippen LogP contribution is -2.43. The number of nitrogens with zero attached hydrogens (tertiary/aromatic N) is 2. The Morgan fingerprint density at radius 2 is 1.77 bits per heavy atom. The number of hydrogen-bond donors (Lipinski definition) is 1. The van der Waals surface area contributed by atoms with Crippen molar-refractivity contribution in [1.29, 1.82) is 0 Å². The van der Waals surface area contributed by atoms with Crippen molar-refractivity contribution >= 4 is 21.6 Å². The van der Waals surface area contributed by atoms with Gasteiger partial charge in [0.05, 0.1) is 15.9 Å². The number of rotatable bonds is 6. The first-order valence-electron chi connectivity index (χ1n) is 10.2. The summed E-state index contributed by atoms with van der Waals surface area (Å²) in [6.45, 7) is 5.94. The Bertz CT molecular complexity index is 1090. The predicted octanol–water partition coefficient (Wildman–Crippen LogP) is 3.49. The maximum atomic E-state index is 13.1. The van der Waals surface area contributed by atoms with Crippen molar-refractivity contribution in [3.8, 4) is 0 Å². The van der Waals surface area contributed by atoms with Gasteiger partial charge in [-0.05, 0) is 50.3 Å². The third-order valence-electron chi connectivity index (χ3n) is 5.84. The van der Waals surface area contributed by atoms with E-state index in [0.717, 1.165) is 17.2 Å². The molecule has 3 rings (SSSR count). The SMILES string of the molecule is Cc1ccccc1C(C)NC(=O)C1CCN(S(=O)(=O)c2cc([N+](=O)[O-])ccc2C)CC1. The zero-order valence-corrected chi connectivity index (χ0v) is 18.7. The highest BCUT2D eigenvalue weighted by Gasteiger charge is 2.34. The third kappa shape index (κ3) is 4.94. The van der Waals surface area contributed by atoms with Crippen molar-refractivity contribution in [1.82, 2.24) is 9.62 Å². The number of aryl methyl sites for hydroxylation is 2. The van der Waals surface area contributed by atoms with E-state index in [9.17, 15) is 23.3 Å².